The number of aromatic nitrogens is 2. The first-order valence-electron chi connectivity index (χ1n) is 6.03. The highest BCUT2D eigenvalue weighted by Gasteiger charge is 2.24. The lowest BCUT2D eigenvalue weighted by atomic mass is 10.2. The molecule has 0 bridgehead atoms. The van der Waals surface area contributed by atoms with Gasteiger partial charge in [-0.2, -0.15) is 0 Å². The summed E-state index contributed by atoms with van der Waals surface area (Å²) < 4.78 is 28.3. The van der Waals surface area contributed by atoms with E-state index in [1.807, 2.05) is 12.1 Å². The van der Waals surface area contributed by atoms with Crippen LogP contribution in [-0.2, 0) is 16.6 Å². The van der Waals surface area contributed by atoms with Crippen LogP contribution < -0.4 is 4.72 Å². The first-order chi connectivity index (χ1) is 10.1. The lowest BCUT2D eigenvalue weighted by Crippen LogP contribution is -2.15. The molecule has 0 fully saturated rings. The van der Waals surface area contributed by atoms with Crippen molar-refractivity contribution in [3.63, 3.8) is 0 Å². The van der Waals surface area contributed by atoms with Crippen LogP contribution in [0.3, 0.4) is 0 Å². The SMILES string of the molecule is O=S(=O)(Nc1ncccn1)c1c(CO)sc2ccccc12. The minimum absolute atomic E-state index is 0.00308. The van der Waals surface area contributed by atoms with E-state index in [9.17, 15) is 13.5 Å². The zero-order chi connectivity index (χ0) is 14.9. The van der Waals surface area contributed by atoms with Gasteiger partial charge in [0, 0.05) is 22.5 Å². The van der Waals surface area contributed by atoms with E-state index in [1.165, 1.54) is 23.7 Å². The zero-order valence-electron chi connectivity index (χ0n) is 10.7. The molecule has 0 saturated heterocycles. The fourth-order valence-electron chi connectivity index (χ4n) is 1.99. The molecule has 8 heteroatoms. The van der Waals surface area contributed by atoms with E-state index in [-0.39, 0.29) is 17.5 Å². The average molecular weight is 321 g/mol. The van der Waals surface area contributed by atoms with Crippen molar-refractivity contribution in [3.8, 4) is 0 Å². The summed E-state index contributed by atoms with van der Waals surface area (Å²) in [4.78, 5) is 8.17. The van der Waals surface area contributed by atoms with Gasteiger partial charge in [-0.3, -0.25) is 0 Å². The van der Waals surface area contributed by atoms with Crippen LogP contribution >= 0.6 is 11.3 Å². The van der Waals surface area contributed by atoms with Gasteiger partial charge in [-0.25, -0.2) is 23.1 Å². The van der Waals surface area contributed by atoms with Crippen LogP contribution in [0.5, 0.6) is 0 Å². The Labute approximate surface area is 125 Å². The molecule has 3 aromatic rings. The van der Waals surface area contributed by atoms with Crippen molar-refractivity contribution in [2.24, 2.45) is 0 Å². The summed E-state index contributed by atoms with van der Waals surface area (Å²) in [6.07, 6.45) is 2.90. The first-order valence-corrected chi connectivity index (χ1v) is 8.33. The molecule has 0 spiro atoms. The van der Waals surface area contributed by atoms with Crippen molar-refractivity contribution in [2.45, 2.75) is 11.5 Å². The molecule has 0 atom stereocenters. The van der Waals surface area contributed by atoms with Crippen LogP contribution in [0.2, 0.25) is 0 Å². The van der Waals surface area contributed by atoms with Gasteiger partial charge in [-0.15, -0.1) is 11.3 Å². The van der Waals surface area contributed by atoms with E-state index in [0.29, 0.717) is 10.3 Å². The predicted molar refractivity (Wildman–Crippen MR) is 80.6 cm³/mol. The van der Waals surface area contributed by atoms with E-state index in [4.69, 9.17) is 0 Å². The summed E-state index contributed by atoms with van der Waals surface area (Å²) in [5.74, 6) is -0.00308. The molecule has 0 radical (unpaired) electrons. The third-order valence-electron chi connectivity index (χ3n) is 2.82. The van der Waals surface area contributed by atoms with Crippen LogP contribution in [0.1, 0.15) is 4.88 Å². The summed E-state index contributed by atoms with van der Waals surface area (Å²) in [6.45, 7) is -0.342. The molecular weight excluding hydrogens is 310 g/mol. The molecule has 0 unspecified atom stereocenters. The number of nitrogens with zero attached hydrogens (tertiary/aromatic N) is 2. The molecule has 0 saturated carbocycles. The molecule has 0 aliphatic carbocycles. The average Bonchev–Trinajstić information content (AvgIpc) is 2.87. The molecule has 0 aliphatic heterocycles. The van der Waals surface area contributed by atoms with E-state index < -0.39 is 10.0 Å². The van der Waals surface area contributed by atoms with Gasteiger partial charge in [0.1, 0.15) is 4.90 Å². The maximum absolute atomic E-state index is 12.6. The second-order valence-electron chi connectivity index (χ2n) is 4.19. The minimum atomic E-state index is -3.86. The van der Waals surface area contributed by atoms with Gasteiger partial charge >= 0.3 is 0 Å². The number of aliphatic hydroxyl groups excluding tert-OH is 1. The summed E-state index contributed by atoms with van der Waals surface area (Å²) in [7, 11) is -3.86. The molecule has 3 rings (SSSR count). The van der Waals surface area contributed by atoms with E-state index in [0.717, 1.165) is 4.70 Å². The topological polar surface area (TPSA) is 92.2 Å². The molecule has 0 amide bonds. The highest BCUT2D eigenvalue weighted by Crippen LogP contribution is 2.35. The normalized spacial score (nSPS) is 11.7. The van der Waals surface area contributed by atoms with Crippen molar-refractivity contribution < 1.29 is 13.5 Å². The number of benzene rings is 1. The Morgan fingerprint density at radius 1 is 1.14 bits per heavy atom. The van der Waals surface area contributed by atoms with Gasteiger partial charge < -0.3 is 5.11 Å². The maximum atomic E-state index is 12.6. The van der Waals surface area contributed by atoms with Crippen LogP contribution in [0.25, 0.3) is 10.1 Å². The molecule has 2 N–H and O–H groups in total. The molecule has 1 aromatic carbocycles. The van der Waals surface area contributed by atoms with Crippen molar-refractivity contribution in [2.75, 3.05) is 4.72 Å². The molecular formula is C13H11N3O3S2. The van der Waals surface area contributed by atoms with Gasteiger partial charge in [0.25, 0.3) is 10.0 Å². The van der Waals surface area contributed by atoms with Gasteiger partial charge in [-0.1, -0.05) is 18.2 Å². The van der Waals surface area contributed by atoms with Crippen molar-refractivity contribution >= 4 is 37.4 Å². The quantitative estimate of drug-likeness (QED) is 0.766. The number of sulfonamides is 1. The second-order valence-corrected chi connectivity index (χ2v) is 6.94. The maximum Gasteiger partial charge on any atom is 0.266 e. The van der Waals surface area contributed by atoms with Crippen molar-refractivity contribution in [1.82, 2.24) is 9.97 Å². The van der Waals surface area contributed by atoms with Crippen LogP contribution in [0, 0.1) is 0 Å². The van der Waals surface area contributed by atoms with Crippen LogP contribution in [0.15, 0.2) is 47.6 Å². The lowest BCUT2D eigenvalue weighted by Gasteiger charge is -2.07. The Bertz CT molecular complexity index is 876. The number of aliphatic hydroxyl groups is 1. The number of rotatable bonds is 4. The van der Waals surface area contributed by atoms with Crippen molar-refractivity contribution in [1.29, 1.82) is 0 Å². The number of nitrogens with one attached hydrogen (secondary N) is 1. The number of hydrogen-bond donors (Lipinski definition) is 2. The number of thiophene rings is 1. The third kappa shape index (κ3) is 2.60. The van der Waals surface area contributed by atoms with Crippen molar-refractivity contribution in [3.05, 3.63) is 47.6 Å². The summed E-state index contributed by atoms with van der Waals surface area (Å²) in [5, 5.41) is 10.0. The van der Waals surface area contributed by atoms with Crippen LogP contribution in [-0.4, -0.2) is 23.5 Å². The van der Waals surface area contributed by atoms with Gasteiger partial charge in [0.15, 0.2) is 0 Å². The van der Waals surface area contributed by atoms with Gasteiger partial charge in [-0.05, 0) is 12.1 Å². The van der Waals surface area contributed by atoms with E-state index >= 15 is 0 Å². The summed E-state index contributed by atoms with van der Waals surface area (Å²) in [6, 6.07) is 8.71. The Morgan fingerprint density at radius 2 is 1.86 bits per heavy atom. The number of anilines is 1. The fourth-order valence-corrected chi connectivity index (χ4v) is 4.75. The molecule has 2 heterocycles. The number of fused-ring (bicyclic) bond motifs is 1. The highest BCUT2D eigenvalue weighted by molar-refractivity contribution is 7.93. The van der Waals surface area contributed by atoms with Gasteiger partial charge in [0.2, 0.25) is 5.95 Å². The molecule has 2 aromatic heterocycles. The Balaban J connectivity index is 2.14. The smallest absolute Gasteiger partial charge is 0.266 e. The predicted octanol–water partition coefficient (Wildman–Crippen LogP) is 1.98. The Morgan fingerprint density at radius 3 is 2.57 bits per heavy atom. The summed E-state index contributed by atoms with van der Waals surface area (Å²) in [5.41, 5.74) is 0. The molecule has 6 nitrogen and oxygen atoms in total. The fraction of sp³-hybridized carbons (Fsp3) is 0.0769. The summed E-state index contributed by atoms with van der Waals surface area (Å²) >= 11 is 1.25. The molecule has 21 heavy (non-hydrogen) atoms. The molecule has 0 aliphatic rings. The monoisotopic (exact) mass is 321 g/mol. The highest BCUT2D eigenvalue weighted by atomic mass is 32.2. The third-order valence-corrected chi connectivity index (χ3v) is 5.56. The minimum Gasteiger partial charge on any atom is -0.391 e. The first kappa shape index (κ1) is 13.9. The standard InChI is InChI=1S/C13H11N3O3S2/c17-8-11-12(9-4-1-2-5-10(9)20-11)21(18,19)16-13-14-6-3-7-15-13/h1-7,17H,8H2,(H,14,15,16). The lowest BCUT2D eigenvalue weighted by molar-refractivity contribution is 0.283. The molecule has 108 valence electrons. The van der Waals surface area contributed by atoms with E-state index in [2.05, 4.69) is 14.7 Å². The number of hydrogen-bond acceptors (Lipinski definition) is 6. The largest absolute Gasteiger partial charge is 0.391 e. The zero-order valence-corrected chi connectivity index (χ0v) is 12.4. The van der Waals surface area contributed by atoms with E-state index in [1.54, 1.807) is 18.2 Å². The second kappa shape index (κ2) is 5.40. The van der Waals surface area contributed by atoms with Crippen LogP contribution in [0.4, 0.5) is 5.95 Å². The van der Waals surface area contributed by atoms with Gasteiger partial charge in [0.05, 0.1) is 11.5 Å². The Kier molecular flexibility index (Phi) is 3.58. The Hall–Kier alpha value is -2.03.